The standard InChI is InChI=1S/C14H17NO5/c1-3-8-19-14(18)13(15-9-16)11-4-6-12(7-5-11)20-10(2)17/h4-7,9,13H,3,8H2,1-2H3,(H,15,16). The highest BCUT2D eigenvalue weighted by Gasteiger charge is 2.21. The van der Waals surface area contributed by atoms with Crippen molar-refractivity contribution in [2.75, 3.05) is 6.61 Å². The third-order valence-corrected chi connectivity index (χ3v) is 2.39. The van der Waals surface area contributed by atoms with Gasteiger partial charge in [0, 0.05) is 6.92 Å². The molecule has 0 fully saturated rings. The van der Waals surface area contributed by atoms with Crippen LogP contribution in [0.25, 0.3) is 0 Å². The molecule has 0 saturated carbocycles. The Hall–Kier alpha value is -2.37. The fourth-order valence-corrected chi connectivity index (χ4v) is 1.55. The molecule has 0 aromatic heterocycles. The molecule has 1 unspecified atom stereocenters. The van der Waals surface area contributed by atoms with E-state index >= 15 is 0 Å². The van der Waals surface area contributed by atoms with Crippen molar-refractivity contribution in [2.45, 2.75) is 26.3 Å². The number of hydrogen-bond acceptors (Lipinski definition) is 5. The lowest BCUT2D eigenvalue weighted by Gasteiger charge is -2.15. The van der Waals surface area contributed by atoms with Crippen LogP contribution in [0.3, 0.4) is 0 Å². The molecule has 1 amide bonds. The van der Waals surface area contributed by atoms with Crippen LogP contribution in [0, 0.1) is 0 Å². The van der Waals surface area contributed by atoms with Gasteiger partial charge in [-0.1, -0.05) is 19.1 Å². The molecule has 0 saturated heterocycles. The van der Waals surface area contributed by atoms with Gasteiger partial charge in [0.15, 0.2) is 6.04 Å². The van der Waals surface area contributed by atoms with Crippen molar-refractivity contribution in [3.05, 3.63) is 29.8 Å². The molecule has 0 radical (unpaired) electrons. The smallest absolute Gasteiger partial charge is 0.333 e. The Balaban J connectivity index is 2.83. The van der Waals surface area contributed by atoms with Gasteiger partial charge in [0.25, 0.3) is 0 Å². The summed E-state index contributed by atoms with van der Waals surface area (Å²) in [5, 5.41) is 2.40. The van der Waals surface area contributed by atoms with Crippen LogP contribution in [0.4, 0.5) is 0 Å². The van der Waals surface area contributed by atoms with Gasteiger partial charge >= 0.3 is 11.9 Å². The Labute approximate surface area is 117 Å². The first-order valence-electron chi connectivity index (χ1n) is 6.23. The van der Waals surface area contributed by atoms with E-state index < -0.39 is 18.0 Å². The highest BCUT2D eigenvalue weighted by molar-refractivity contribution is 5.80. The second-order valence-corrected chi connectivity index (χ2v) is 4.05. The fourth-order valence-electron chi connectivity index (χ4n) is 1.55. The van der Waals surface area contributed by atoms with Gasteiger partial charge in [0.05, 0.1) is 6.61 Å². The quantitative estimate of drug-likeness (QED) is 0.463. The number of carbonyl (C=O) groups excluding carboxylic acids is 3. The maximum absolute atomic E-state index is 11.8. The molecule has 1 N–H and O–H groups in total. The lowest BCUT2D eigenvalue weighted by molar-refractivity contribution is -0.147. The summed E-state index contributed by atoms with van der Waals surface area (Å²) < 4.78 is 9.90. The molecule has 6 nitrogen and oxygen atoms in total. The predicted octanol–water partition coefficient (Wildman–Crippen LogP) is 1.35. The second kappa shape index (κ2) is 7.93. The second-order valence-electron chi connectivity index (χ2n) is 4.05. The molecule has 0 heterocycles. The van der Waals surface area contributed by atoms with Gasteiger partial charge in [-0.2, -0.15) is 0 Å². The van der Waals surface area contributed by atoms with E-state index in [1.807, 2.05) is 6.92 Å². The third-order valence-electron chi connectivity index (χ3n) is 2.39. The van der Waals surface area contributed by atoms with Crippen molar-refractivity contribution in [1.29, 1.82) is 0 Å². The van der Waals surface area contributed by atoms with Crippen LogP contribution >= 0.6 is 0 Å². The molecule has 0 aliphatic heterocycles. The zero-order valence-electron chi connectivity index (χ0n) is 11.4. The Morgan fingerprint density at radius 3 is 2.45 bits per heavy atom. The minimum Gasteiger partial charge on any atom is -0.464 e. The summed E-state index contributed by atoms with van der Waals surface area (Å²) in [6, 6.07) is 5.40. The number of hydrogen-bond donors (Lipinski definition) is 1. The maximum Gasteiger partial charge on any atom is 0.333 e. The normalized spacial score (nSPS) is 11.3. The first kappa shape index (κ1) is 15.7. The number of ether oxygens (including phenoxy) is 2. The summed E-state index contributed by atoms with van der Waals surface area (Å²) in [5.41, 5.74) is 0.550. The van der Waals surface area contributed by atoms with Crippen molar-refractivity contribution in [3.8, 4) is 5.75 Å². The van der Waals surface area contributed by atoms with E-state index in [-0.39, 0.29) is 0 Å². The van der Waals surface area contributed by atoms with Crippen molar-refractivity contribution in [3.63, 3.8) is 0 Å². The first-order chi connectivity index (χ1) is 9.58. The van der Waals surface area contributed by atoms with E-state index in [4.69, 9.17) is 9.47 Å². The van der Waals surface area contributed by atoms with E-state index in [1.165, 1.54) is 6.92 Å². The third kappa shape index (κ3) is 4.72. The highest BCUT2D eigenvalue weighted by Crippen LogP contribution is 2.19. The SMILES string of the molecule is CCCOC(=O)C(NC=O)c1ccc(OC(C)=O)cc1. The monoisotopic (exact) mass is 279 g/mol. The van der Waals surface area contributed by atoms with Gasteiger partial charge in [0.2, 0.25) is 6.41 Å². The number of rotatable bonds is 7. The number of nitrogens with one attached hydrogen (secondary N) is 1. The zero-order chi connectivity index (χ0) is 15.0. The van der Waals surface area contributed by atoms with Gasteiger partial charge in [-0.15, -0.1) is 0 Å². The molecule has 1 aromatic carbocycles. The van der Waals surface area contributed by atoms with Crippen LogP contribution < -0.4 is 10.1 Å². The Morgan fingerprint density at radius 2 is 1.95 bits per heavy atom. The largest absolute Gasteiger partial charge is 0.464 e. The zero-order valence-corrected chi connectivity index (χ0v) is 11.4. The van der Waals surface area contributed by atoms with Crippen molar-refractivity contribution in [2.24, 2.45) is 0 Å². The Bertz CT molecular complexity index is 469. The summed E-state index contributed by atoms with van der Waals surface area (Å²) in [4.78, 5) is 33.2. The molecular weight excluding hydrogens is 262 g/mol. The van der Waals surface area contributed by atoms with Gasteiger partial charge in [0.1, 0.15) is 5.75 Å². The predicted molar refractivity (Wildman–Crippen MR) is 70.9 cm³/mol. The minimum absolute atomic E-state index is 0.293. The number of benzene rings is 1. The van der Waals surface area contributed by atoms with E-state index in [9.17, 15) is 14.4 Å². The minimum atomic E-state index is -0.870. The van der Waals surface area contributed by atoms with E-state index in [0.29, 0.717) is 30.8 Å². The molecular formula is C14H17NO5. The van der Waals surface area contributed by atoms with Crippen LogP contribution in [0.1, 0.15) is 31.9 Å². The molecule has 0 bridgehead atoms. The molecule has 0 aliphatic carbocycles. The van der Waals surface area contributed by atoms with Crippen LogP contribution in [0.5, 0.6) is 5.75 Å². The average Bonchev–Trinajstić information content (AvgIpc) is 2.42. The van der Waals surface area contributed by atoms with Crippen LogP contribution in [0.15, 0.2) is 24.3 Å². The summed E-state index contributed by atoms with van der Waals surface area (Å²) in [6.07, 6.45) is 1.14. The van der Waals surface area contributed by atoms with Crippen LogP contribution in [-0.2, 0) is 19.1 Å². The molecule has 6 heteroatoms. The summed E-state index contributed by atoms with van der Waals surface area (Å²) in [5.74, 6) is -0.588. The molecule has 20 heavy (non-hydrogen) atoms. The van der Waals surface area contributed by atoms with Crippen molar-refractivity contribution < 1.29 is 23.9 Å². The molecule has 1 atom stereocenters. The summed E-state index contributed by atoms with van der Waals surface area (Å²) >= 11 is 0. The van der Waals surface area contributed by atoms with Crippen molar-refractivity contribution >= 4 is 18.3 Å². The van der Waals surface area contributed by atoms with Gasteiger partial charge in [-0.05, 0) is 24.1 Å². The Kier molecular flexibility index (Phi) is 6.22. The van der Waals surface area contributed by atoms with Crippen LogP contribution in [-0.4, -0.2) is 25.0 Å². The first-order valence-corrected chi connectivity index (χ1v) is 6.23. The van der Waals surface area contributed by atoms with Gasteiger partial charge in [-0.25, -0.2) is 4.79 Å². The van der Waals surface area contributed by atoms with Crippen molar-refractivity contribution in [1.82, 2.24) is 5.32 Å². The Morgan fingerprint density at radius 1 is 1.30 bits per heavy atom. The van der Waals surface area contributed by atoms with E-state index in [2.05, 4.69) is 5.32 Å². The number of esters is 2. The number of carbonyl (C=O) groups is 3. The summed E-state index contributed by atoms with van der Waals surface area (Å²) in [6.45, 7) is 3.47. The summed E-state index contributed by atoms with van der Waals surface area (Å²) in [7, 11) is 0. The van der Waals surface area contributed by atoms with Gasteiger partial charge in [-0.3, -0.25) is 9.59 Å². The lowest BCUT2D eigenvalue weighted by atomic mass is 10.1. The average molecular weight is 279 g/mol. The van der Waals surface area contributed by atoms with Gasteiger partial charge < -0.3 is 14.8 Å². The van der Waals surface area contributed by atoms with Crippen LogP contribution in [0.2, 0.25) is 0 Å². The molecule has 0 spiro atoms. The molecule has 1 aromatic rings. The van der Waals surface area contributed by atoms with E-state index in [0.717, 1.165) is 0 Å². The molecule has 1 rings (SSSR count). The molecule has 108 valence electrons. The van der Waals surface area contributed by atoms with E-state index in [1.54, 1.807) is 24.3 Å². The highest BCUT2D eigenvalue weighted by atomic mass is 16.5. The maximum atomic E-state index is 11.8. The topological polar surface area (TPSA) is 81.7 Å². The lowest BCUT2D eigenvalue weighted by Crippen LogP contribution is -2.29. The fraction of sp³-hybridized carbons (Fsp3) is 0.357. The molecule has 0 aliphatic rings. The number of amides is 1.